The van der Waals surface area contributed by atoms with Crippen molar-refractivity contribution in [3.8, 4) is 23.0 Å². The molecule has 0 unspecified atom stereocenters. The summed E-state index contributed by atoms with van der Waals surface area (Å²) in [5.41, 5.74) is 2.96. The molecule has 0 aromatic carbocycles. The Bertz CT molecular complexity index is 1060. The van der Waals surface area contributed by atoms with Crippen LogP contribution in [0, 0.1) is 6.92 Å². The van der Waals surface area contributed by atoms with E-state index in [1.54, 1.807) is 12.4 Å². The van der Waals surface area contributed by atoms with Gasteiger partial charge in [-0.05, 0) is 18.6 Å². The highest BCUT2D eigenvalue weighted by molar-refractivity contribution is 7.14. The van der Waals surface area contributed by atoms with Gasteiger partial charge < -0.3 is 4.42 Å². The molecule has 9 heteroatoms. The number of thiazole rings is 1. The van der Waals surface area contributed by atoms with Crippen molar-refractivity contribution in [3.05, 3.63) is 59.8 Å². The lowest BCUT2D eigenvalue weighted by atomic mass is 10.2. The number of hydrogen-bond donors (Lipinski definition) is 1. The topological polar surface area (TPSA) is 107 Å². The predicted molar refractivity (Wildman–Crippen MR) is 95.6 cm³/mol. The second-order valence-corrected chi connectivity index (χ2v) is 6.14. The summed E-state index contributed by atoms with van der Waals surface area (Å²) in [5, 5.41) is 5.00. The molecule has 0 aliphatic rings. The normalized spacial score (nSPS) is 10.7. The van der Waals surface area contributed by atoms with Gasteiger partial charge in [0.05, 0.1) is 18.1 Å². The second-order valence-electron chi connectivity index (χ2n) is 5.28. The Labute approximate surface area is 152 Å². The summed E-state index contributed by atoms with van der Waals surface area (Å²) in [5.74, 6) is -0.144. The van der Waals surface area contributed by atoms with Crippen LogP contribution in [-0.4, -0.2) is 30.8 Å². The highest BCUT2D eigenvalue weighted by Gasteiger charge is 2.17. The van der Waals surface area contributed by atoms with Crippen LogP contribution in [0.1, 0.15) is 16.1 Å². The summed E-state index contributed by atoms with van der Waals surface area (Å²) in [6, 6.07) is 3.83. The van der Waals surface area contributed by atoms with Gasteiger partial charge >= 0.3 is 0 Å². The van der Waals surface area contributed by atoms with Crippen molar-refractivity contribution in [1.82, 2.24) is 24.9 Å². The van der Waals surface area contributed by atoms with Gasteiger partial charge in [-0.1, -0.05) is 6.07 Å². The van der Waals surface area contributed by atoms with Gasteiger partial charge in [-0.2, -0.15) is 0 Å². The van der Waals surface area contributed by atoms with E-state index in [0.29, 0.717) is 16.5 Å². The lowest BCUT2D eigenvalue weighted by molar-refractivity contribution is 0.0997. The van der Waals surface area contributed by atoms with E-state index in [0.717, 1.165) is 11.3 Å². The third kappa shape index (κ3) is 3.20. The number of oxazole rings is 1. The van der Waals surface area contributed by atoms with Crippen LogP contribution in [0.3, 0.4) is 0 Å². The van der Waals surface area contributed by atoms with Crippen molar-refractivity contribution in [2.24, 2.45) is 0 Å². The lowest BCUT2D eigenvalue weighted by Crippen LogP contribution is -2.10. The third-order valence-electron chi connectivity index (χ3n) is 3.49. The summed E-state index contributed by atoms with van der Waals surface area (Å²) in [4.78, 5) is 33.2. The van der Waals surface area contributed by atoms with E-state index in [2.05, 4.69) is 30.2 Å². The van der Waals surface area contributed by atoms with Gasteiger partial charge in [0.25, 0.3) is 5.91 Å². The number of hydrogen-bond acceptors (Lipinski definition) is 8. The zero-order valence-corrected chi connectivity index (χ0v) is 14.4. The number of rotatable bonds is 4. The Hall–Kier alpha value is -3.46. The highest BCUT2D eigenvalue weighted by atomic mass is 32.1. The molecule has 0 radical (unpaired) electrons. The average Bonchev–Trinajstić information content (AvgIpc) is 3.33. The monoisotopic (exact) mass is 364 g/mol. The minimum absolute atomic E-state index is 0.0661. The van der Waals surface area contributed by atoms with E-state index in [1.807, 2.05) is 24.4 Å². The first-order chi connectivity index (χ1) is 12.7. The van der Waals surface area contributed by atoms with Crippen LogP contribution in [-0.2, 0) is 0 Å². The summed E-state index contributed by atoms with van der Waals surface area (Å²) in [6.45, 7) is 1.96. The number of anilines is 1. The van der Waals surface area contributed by atoms with Gasteiger partial charge in [0.1, 0.15) is 11.4 Å². The van der Waals surface area contributed by atoms with Crippen LogP contribution >= 0.6 is 11.3 Å². The van der Waals surface area contributed by atoms with Gasteiger partial charge in [-0.15, -0.1) is 11.3 Å². The number of nitrogens with one attached hydrogen (secondary N) is 1. The molecule has 8 nitrogen and oxygen atoms in total. The number of nitrogens with zero attached hydrogens (tertiary/aromatic N) is 5. The van der Waals surface area contributed by atoms with Gasteiger partial charge in [-0.3, -0.25) is 20.1 Å². The lowest BCUT2D eigenvalue weighted by Gasteiger charge is -2.00. The molecule has 0 saturated heterocycles. The van der Waals surface area contributed by atoms with Crippen LogP contribution in [0.15, 0.2) is 52.9 Å². The Kier molecular flexibility index (Phi) is 4.20. The number of carbonyl (C=O) groups excluding carboxylic acids is 1. The maximum atomic E-state index is 12.3. The number of pyridine rings is 1. The van der Waals surface area contributed by atoms with Crippen molar-refractivity contribution in [2.45, 2.75) is 6.92 Å². The van der Waals surface area contributed by atoms with Crippen molar-refractivity contribution in [2.75, 3.05) is 5.32 Å². The van der Waals surface area contributed by atoms with E-state index in [-0.39, 0.29) is 11.7 Å². The fraction of sp³-hybridized carbons (Fsp3) is 0.0588. The SMILES string of the molecule is Cc1cccnc1-c1csc(NC(=O)c2cnc(-c3cnccn3)o2)n1. The molecule has 26 heavy (non-hydrogen) atoms. The second kappa shape index (κ2) is 6.81. The number of amides is 1. The van der Waals surface area contributed by atoms with Gasteiger partial charge in [-0.25, -0.2) is 15.0 Å². The molecule has 4 aromatic rings. The van der Waals surface area contributed by atoms with Crippen LogP contribution in [0.2, 0.25) is 0 Å². The van der Waals surface area contributed by atoms with E-state index >= 15 is 0 Å². The molecule has 0 saturated carbocycles. The van der Waals surface area contributed by atoms with E-state index in [9.17, 15) is 4.79 Å². The first-order valence-corrected chi connectivity index (χ1v) is 8.50. The first-order valence-electron chi connectivity index (χ1n) is 7.62. The highest BCUT2D eigenvalue weighted by Crippen LogP contribution is 2.26. The molecule has 0 aliphatic heterocycles. The van der Waals surface area contributed by atoms with E-state index in [1.165, 1.54) is 29.9 Å². The van der Waals surface area contributed by atoms with Gasteiger partial charge in [0, 0.05) is 24.0 Å². The van der Waals surface area contributed by atoms with Crippen molar-refractivity contribution < 1.29 is 9.21 Å². The Morgan fingerprint density at radius 2 is 2.04 bits per heavy atom. The van der Waals surface area contributed by atoms with Crippen molar-refractivity contribution in [3.63, 3.8) is 0 Å². The molecule has 0 bridgehead atoms. The van der Waals surface area contributed by atoms with Crippen LogP contribution < -0.4 is 5.32 Å². The Morgan fingerprint density at radius 1 is 1.12 bits per heavy atom. The quantitative estimate of drug-likeness (QED) is 0.592. The standard InChI is InChI=1S/C17H12N6O2S/c1-10-3-2-4-20-14(10)12-9-26-17(22-12)23-15(24)13-8-21-16(25-13)11-7-18-5-6-19-11/h2-9H,1H3,(H,22,23,24). The zero-order chi connectivity index (χ0) is 17.9. The molecule has 128 valence electrons. The fourth-order valence-electron chi connectivity index (χ4n) is 2.26. The number of aryl methyl sites for hydroxylation is 1. The van der Waals surface area contributed by atoms with E-state index in [4.69, 9.17) is 4.42 Å². The molecule has 1 amide bonds. The molecule has 4 rings (SSSR count). The molecule has 0 aliphatic carbocycles. The fourth-order valence-corrected chi connectivity index (χ4v) is 2.95. The van der Waals surface area contributed by atoms with Gasteiger partial charge in [0.15, 0.2) is 5.13 Å². The number of carbonyl (C=O) groups is 1. The molecular formula is C17H12N6O2S. The summed E-state index contributed by atoms with van der Waals surface area (Å²) < 4.78 is 5.45. The molecule has 4 aromatic heterocycles. The van der Waals surface area contributed by atoms with Crippen molar-refractivity contribution >= 4 is 22.4 Å². The molecule has 0 atom stereocenters. The summed E-state index contributed by atoms with van der Waals surface area (Å²) >= 11 is 1.31. The van der Waals surface area contributed by atoms with Crippen LogP contribution in [0.25, 0.3) is 23.0 Å². The average molecular weight is 364 g/mol. The summed E-state index contributed by atoms with van der Waals surface area (Å²) in [6.07, 6.45) is 7.63. The zero-order valence-electron chi connectivity index (χ0n) is 13.6. The van der Waals surface area contributed by atoms with E-state index < -0.39 is 5.91 Å². The maximum Gasteiger partial charge on any atom is 0.294 e. The number of aromatic nitrogens is 5. The summed E-state index contributed by atoms with van der Waals surface area (Å²) in [7, 11) is 0. The largest absolute Gasteiger partial charge is 0.429 e. The molecular weight excluding hydrogens is 352 g/mol. The van der Waals surface area contributed by atoms with Crippen LogP contribution in [0.4, 0.5) is 5.13 Å². The third-order valence-corrected chi connectivity index (χ3v) is 4.25. The minimum Gasteiger partial charge on any atom is -0.429 e. The van der Waals surface area contributed by atoms with Gasteiger partial charge in [0.2, 0.25) is 11.7 Å². The minimum atomic E-state index is -0.439. The predicted octanol–water partition coefficient (Wildman–Crippen LogP) is 3.21. The first kappa shape index (κ1) is 16.0. The molecule has 1 N–H and O–H groups in total. The van der Waals surface area contributed by atoms with Crippen LogP contribution in [0.5, 0.6) is 0 Å². The Morgan fingerprint density at radius 3 is 2.85 bits per heavy atom. The molecule has 0 spiro atoms. The van der Waals surface area contributed by atoms with Crippen molar-refractivity contribution in [1.29, 1.82) is 0 Å². The molecule has 0 fully saturated rings. The smallest absolute Gasteiger partial charge is 0.294 e. The maximum absolute atomic E-state index is 12.3. The Balaban J connectivity index is 1.51. The molecule has 4 heterocycles.